The summed E-state index contributed by atoms with van der Waals surface area (Å²) in [6, 6.07) is 3.02. The third-order valence-electron chi connectivity index (χ3n) is 3.15. The Hall–Kier alpha value is -2.86. The molecule has 0 atom stereocenters. The average molecular weight is 435 g/mol. The molecular weight excluding hydrogens is 425 g/mol. The molecule has 0 radical (unpaired) electrons. The number of halogens is 4. The van der Waals surface area contributed by atoms with Crippen molar-refractivity contribution in [3.63, 3.8) is 0 Å². The molecule has 0 saturated carbocycles. The Bertz CT molecular complexity index is 969. The van der Waals surface area contributed by atoms with Crippen molar-refractivity contribution in [3.05, 3.63) is 56.7 Å². The van der Waals surface area contributed by atoms with E-state index in [1.807, 2.05) is 0 Å². The van der Waals surface area contributed by atoms with E-state index in [1.54, 1.807) is 0 Å². The number of hydrogen-bond donors (Lipinski definition) is 1. The number of primary amides is 1. The number of carbonyl (C=O) groups excluding carboxylic acids is 1. The molecule has 0 aliphatic rings. The molecule has 0 saturated heterocycles. The van der Waals surface area contributed by atoms with Gasteiger partial charge in [-0.25, -0.2) is 9.78 Å². The minimum Gasteiger partial charge on any atom is -0.438 e. The van der Waals surface area contributed by atoms with Crippen molar-refractivity contribution in [1.82, 2.24) is 4.98 Å². The molecule has 0 bridgehead atoms. The number of carbonyl (C=O) groups is 1. The second-order valence-corrected chi connectivity index (χ2v) is 6.21. The summed E-state index contributed by atoms with van der Waals surface area (Å²) < 4.78 is 43.4. The molecule has 0 aliphatic carbocycles. The van der Waals surface area contributed by atoms with Gasteiger partial charge in [-0.3, -0.25) is 10.1 Å². The van der Waals surface area contributed by atoms with Gasteiger partial charge in [-0.1, -0.05) is 11.6 Å². The highest BCUT2D eigenvalue weighted by Gasteiger charge is 2.32. The van der Waals surface area contributed by atoms with Crippen LogP contribution in [0.15, 0.2) is 35.5 Å². The Morgan fingerprint density at radius 3 is 2.57 bits per heavy atom. The number of pyridine rings is 1. The molecule has 13 heteroatoms. The molecule has 0 spiro atoms. The van der Waals surface area contributed by atoms with Crippen LogP contribution in [-0.4, -0.2) is 27.2 Å². The first kappa shape index (κ1) is 21.4. The quantitative estimate of drug-likeness (QED) is 0.324. The number of thioether (sulfide) groups is 1. The number of ether oxygens (including phenoxy) is 1. The van der Waals surface area contributed by atoms with Gasteiger partial charge in [0.05, 0.1) is 16.1 Å². The fraction of sp³-hybridized carbons (Fsp3) is 0.133. The number of nitro benzene ring substituents is 1. The van der Waals surface area contributed by atoms with Crippen LogP contribution >= 0.6 is 23.4 Å². The average Bonchev–Trinajstić information content (AvgIpc) is 2.60. The van der Waals surface area contributed by atoms with E-state index in [2.05, 4.69) is 9.98 Å². The summed E-state index contributed by atoms with van der Waals surface area (Å²) in [4.78, 5) is 28.6. The van der Waals surface area contributed by atoms with Crippen LogP contribution in [-0.2, 0) is 6.18 Å². The molecule has 8 nitrogen and oxygen atoms in total. The number of nitrogens with two attached hydrogens (primary N) is 1. The maximum absolute atomic E-state index is 12.7. The van der Waals surface area contributed by atoms with Gasteiger partial charge >= 0.3 is 12.2 Å². The van der Waals surface area contributed by atoms with E-state index < -0.39 is 27.7 Å². The Morgan fingerprint density at radius 2 is 2.07 bits per heavy atom. The summed E-state index contributed by atoms with van der Waals surface area (Å²) in [5.74, 6) is -0.368. The fourth-order valence-electron chi connectivity index (χ4n) is 1.99. The highest BCUT2D eigenvalue weighted by Crippen LogP contribution is 2.36. The lowest BCUT2D eigenvalue weighted by molar-refractivity contribution is -0.385. The summed E-state index contributed by atoms with van der Waals surface area (Å²) in [7, 11) is 0. The number of alkyl halides is 3. The molecule has 0 fully saturated rings. The molecule has 1 heterocycles. The number of urea groups is 1. The zero-order chi connectivity index (χ0) is 21.1. The van der Waals surface area contributed by atoms with Gasteiger partial charge in [0.15, 0.2) is 0 Å². The van der Waals surface area contributed by atoms with E-state index in [-0.39, 0.29) is 27.9 Å². The zero-order valence-electron chi connectivity index (χ0n) is 13.9. The lowest BCUT2D eigenvalue weighted by Crippen LogP contribution is -2.10. The van der Waals surface area contributed by atoms with E-state index in [0.717, 1.165) is 17.8 Å². The molecule has 2 rings (SSSR count). The van der Waals surface area contributed by atoms with Crippen LogP contribution in [0.1, 0.15) is 11.1 Å². The number of aromatic nitrogens is 1. The number of rotatable bonds is 4. The predicted molar refractivity (Wildman–Crippen MR) is 97.1 cm³/mol. The third-order valence-corrected chi connectivity index (χ3v) is 4.12. The molecule has 0 unspecified atom stereocenters. The summed E-state index contributed by atoms with van der Waals surface area (Å²) in [5.41, 5.74) is 3.49. The van der Waals surface area contributed by atoms with E-state index in [1.165, 1.54) is 18.4 Å². The topological polar surface area (TPSA) is 121 Å². The Balaban J connectivity index is 2.47. The van der Waals surface area contributed by atoms with E-state index >= 15 is 0 Å². The van der Waals surface area contributed by atoms with Crippen LogP contribution in [0.4, 0.5) is 23.7 Å². The van der Waals surface area contributed by atoms with Crippen molar-refractivity contribution in [2.45, 2.75) is 6.18 Å². The standard InChI is InChI=1S/C15H10ClF3N4O4S/c1-28-13(22-14(20)24)9-5-8(2-3-11(9)23(25)26)27-12-10(16)4-7(6-21-12)15(17,18)19/h2-6H,1H3,(H2,20,24). The molecule has 1 aromatic carbocycles. The normalized spacial score (nSPS) is 12.0. The van der Waals surface area contributed by atoms with E-state index in [0.29, 0.717) is 12.3 Å². The second-order valence-electron chi connectivity index (χ2n) is 5.01. The Morgan fingerprint density at radius 1 is 1.39 bits per heavy atom. The van der Waals surface area contributed by atoms with Crippen LogP contribution in [0.5, 0.6) is 11.6 Å². The van der Waals surface area contributed by atoms with Crippen LogP contribution < -0.4 is 10.5 Å². The van der Waals surface area contributed by atoms with Gasteiger partial charge in [0.1, 0.15) is 15.8 Å². The number of hydrogen-bond acceptors (Lipinski definition) is 6. The van der Waals surface area contributed by atoms with Crippen molar-refractivity contribution < 1.29 is 27.6 Å². The number of nitro groups is 1. The minimum atomic E-state index is -4.63. The number of aliphatic imine (C=N–C) groups is 1. The lowest BCUT2D eigenvalue weighted by Gasteiger charge is -2.11. The van der Waals surface area contributed by atoms with E-state index in [9.17, 15) is 28.1 Å². The lowest BCUT2D eigenvalue weighted by atomic mass is 10.2. The van der Waals surface area contributed by atoms with Gasteiger partial charge in [0.25, 0.3) is 5.69 Å². The van der Waals surface area contributed by atoms with Crippen molar-refractivity contribution in [2.75, 3.05) is 6.26 Å². The Labute approximate surface area is 164 Å². The third kappa shape index (κ3) is 5.10. The first-order valence-corrected chi connectivity index (χ1v) is 8.74. The first-order valence-electron chi connectivity index (χ1n) is 7.14. The molecule has 0 aliphatic heterocycles. The molecule has 2 amide bonds. The largest absolute Gasteiger partial charge is 0.438 e. The van der Waals surface area contributed by atoms with Crippen LogP contribution in [0.2, 0.25) is 5.02 Å². The SMILES string of the molecule is CSC(=NC(N)=O)c1cc(Oc2ncc(C(F)(F)F)cc2Cl)ccc1[N+](=O)[O-]. The highest BCUT2D eigenvalue weighted by molar-refractivity contribution is 8.13. The fourth-order valence-corrected chi connectivity index (χ4v) is 2.76. The number of nitrogens with zero attached hydrogens (tertiary/aromatic N) is 3. The summed E-state index contributed by atoms with van der Waals surface area (Å²) >= 11 is 6.71. The van der Waals surface area contributed by atoms with Crippen LogP contribution in [0, 0.1) is 10.1 Å². The monoisotopic (exact) mass is 434 g/mol. The molecular formula is C15H10ClF3N4O4S. The molecule has 148 valence electrons. The highest BCUT2D eigenvalue weighted by atomic mass is 35.5. The van der Waals surface area contributed by atoms with Crippen LogP contribution in [0.3, 0.4) is 0 Å². The summed E-state index contributed by atoms with van der Waals surface area (Å²) in [6.45, 7) is 0. The number of benzene rings is 1. The maximum atomic E-state index is 12.7. The Kier molecular flexibility index (Phi) is 6.46. The van der Waals surface area contributed by atoms with Crippen molar-refractivity contribution in [3.8, 4) is 11.6 Å². The predicted octanol–water partition coefficient (Wildman–Crippen LogP) is 4.64. The summed E-state index contributed by atoms with van der Waals surface area (Å²) in [6.07, 6.45) is -2.57. The van der Waals surface area contributed by atoms with Gasteiger partial charge in [-0.05, 0) is 24.5 Å². The molecule has 2 aromatic rings. The van der Waals surface area contributed by atoms with E-state index in [4.69, 9.17) is 22.1 Å². The maximum Gasteiger partial charge on any atom is 0.417 e. The molecule has 2 N–H and O–H groups in total. The minimum absolute atomic E-state index is 0.0269. The summed E-state index contributed by atoms with van der Waals surface area (Å²) in [5, 5.41) is 10.8. The van der Waals surface area contributed by atoms with Gasteiger partial charge < -0.3 is 10.5 Å². The van der Waals surface area contributed by atoms with Crippen LogP contribution in [0.25, 0.3) is 0 Å². The van der Waals surface area contributed by atoms with Crippen molar-refractivity contribution in [1.29, 1.82) is 0 Å². The second kappa shape index (κ2) is 8.44. The first-order chi connectivity index (χ1) is 13.0. The molecule has 1 aromatic heterocycles. The van der Waals surface area contributed by atoms with Gasteiger partial charge in [-0.15, -0.1) is 11.8 Å². The van der Waals surface area contributed by atoms with Gasteiger partial charge in [-0.2, -0.15) is 18.2 Å². The van der Waals surface area contributed by atoms with Crippen molar-refractivity contribution in [2.24, 2.45) is 10.7 Å². The zero-order valence-corrected chi connectivity index (χ0v) is 15.4. The number of amides is 2. The van der Waals surface area contributed by atoms with Crippen molar-refractivity contribution >= 4 is 40.1 Å². The van der Waals surface area contributed by atoms with Gasteiger partial charge in [0.2, 0.25) is 5.88 Å². The van der Waals surface area contributed by atoms with Gasteiger partial charge in [0, 0.05) is 12.3 Å². The molecule has 28 heavy (non-hydrogen) atoms. The smallest absolute Gasteiger partial charge is 0.417 e.